The van der Waals surface area contributed by atoms with Crippen LogP contribution in [-0.2, 0) is 4.79 Å². The molecule has 0 aliphatic carbocycles. The fraction of sp³-hybridized carbons (Fsp3) is 0.261. The van der Waals surface area contributed by atoms with Gasteiger partial charge >= 0.3 is 0 Å². The van der Waals surface area contributed by atoms with Gasteiger partial charge in [-0.15, -0.1) is 0 Å². The van der Waals surface area contributed by atoms with E-state index in [9.17, 15) is 4.79 Å². The zero-order chi connectivity index (χ0) is 20.2. The van der Waals surface area contributed by atoms with Gasteiger partial charge in [0.05, 0.1) is 17.3 Å². The highest BCUT2D eigenvalue weighted by Gasteiger charge is 2.23. The number of ether oxygens (including phenoxy) is 2. The smallest absolute Gasteiger partial charge is 0.260 e. The predicted octanol–water partition coefficient (Wildman–Crippen LogP) is 4.34. The molecule has 0 spiro atoms. The lowest BCUT2D eigenvalue weighted by atomic mass is 10.1. The van der Waals surface area contributed by atoms with Crippen molar-refractivity contribution in [3.63, 3.8) is 0 Å². The summed E-state index contributed by atoms with van der Waals surface area (Å²) in [7, 11) is 1.68. The van der Waals surface area contributed by atoms with E-state index < -0.39 is 0 Å². The Morgan fingerprint density at radius 1 is 0.931 bits per heavy atom. The normalized spacial score (nSPS) is 14.1. The molecule has 1 saturated heterocycles. The van der Waals surface area contributed by atoms with E-state index in [1.165, 1.54) is 0 Å². The highest BCUT2D eigenvalue weighted by Crippen LogP contribution is 2.33. The molecule has 0 radical (unpaired) electrons. The van der Waals surface area contributed by atoms with Crippen LogP contribution in [0.4, 0.5) is 5.69 Å². The number of carbonyl (C=O) groups is 1. The van der Waals surface area contributed by atoms with Gasteiger partial charge in [0.1, 0.15) is 11.5 Å². The van der Waals surface area contributed by atoms with Gasteiger partial charge in [0.2, 0.25) is 0 Å². The van der Waals surface area contributed by atoms with Crippen LogP contribution >= 0.6 is 15.9 Å². The van der Waals surface area contributed by atoms with Gasteiger partial charge < -0.3 is 19.3 Å². The third-order valence-electron chi connectivity index (χ3n) is 5.24. The molecule has 4 rings (SSSR count). The second-order valence-electron chi connectivity index (χ2n) is 6.93. The SMILES string of the molecule is COc1ccccc1N1CCN(C(=O)COc2ccc3ccccc3c2Br)CC1. The lowest BCUT2D eigenvalue weighted by Gasteiger charge is -2.36. The summed E-state index contributed by atoms with van der Waals surface area (Å²) in [5, 5.41) is 2.20. The van der Waals surface area contributed by atoms with Crippen LogP contribution in [0.5, 0.6) is 11.5 Å². The van der Waals surface area contributed by atoms with Gasteiger partial charge in [0.15, 0.2) is 6.61 Å². The van der Waals surface area contributed by atoms with Crippen molar-refractivity contribution < 1.29 is 14.3 Å². The summed E-state index contributed by atoms with van der Waals surface area (Å²) in [5.74, 6) is 1.55. The number of benzene rings is 3. The Bertz CT molecular complexity index is 1020. The molecule has 0 saturated carbocycles. The van der Waals surface area contributed by atoms with Crippen LogP contribution in [0.15, 0.2) is 65.1 Å². The molecular formula is C23H23BrN2O3. The van der Waals surface area contributed by atoms with E-state index >= 15 is 0 Å². The molecule has 0 aromatic heterocycles. The summed E-state index contributed by atoms with van der Waals surface area (Å²) in [6, 6.07) is 20.0. The van der Waals surface area contributed by atoms with Crippen LogP contribution in [0.1, 0.15) is 0 Å². The second kappa shape index (κ2) is 8.74. The lowest BCUT2D eigenvalue weighted by Crippen LogP contribution is -2.50. The summed E-state index contributed by atoms with van der Waals surface area (Å²) in [6.45, 7) is 2.90. The fourth-order valence-corrected chi connectivity index (χ4v) is 4.25. The number of amides is 1. The van der Waals surface area contributed by atoms with Crippen molar-refractivity contribution in [1.82, 2.24) is 4.90 Å². The van der Waals surface area contributed by atoms with Crippen molar-refractivity contribution in [3.8, 4) is 11.5 Å². The Morgan fingerprint density at radius 2 is 1.66 bits per heavy atom. The Hall–Kier alpha value is -2.73. The number of hydrogen-bond donors (Lipinski definition) is 0. The standard InChI is InChI=1S/C23H23BrN2O3/c1-28-20-9-5-4-8-19(20)25-12-14-26(15-13-25)22(27)16-29-21-11-10-17-6-2-3-7-18(17)23(21)24/h2-11H,12-16H2,1H3. The predicted molar refractivity (Wildman–Crippen MR) is 119 cm³/mol. The molecule has 1 amide bonds. The molecule has 29 heavy (non-hydrogen) atoms. The minimum absolute atomic E-state index is 0.00438. The first-order chi connectivity index (χ1) is 14.2. The van der Waals surface area contributed by atoms with E-state index in [1.54, 1.807) is 7.11 Å². The first-order valence-corrected chi connectivity index (χ1v) is 10.4. The number of halogens is 1. The van der Waals surface area contributed by atoms with Crippen molar-refractivity contribution in [2.24, 2.45) is 0 Å². The highest BCUT2D eigenvalue weighted by atomic mass is 79.9. The van der Waals surface area contributed by atoms with E-state index in [-0.39, 0.29) is 12.5 Å². The zero-order valence-electron chi connectivity index (χ0n) is 16.3. The third kappa shape index (κ3) is 4.17. The largest absolute Gasteiger partial charge is 0.495 e. The van der Waals surface area contributed by atoms with Gasteiger partial charge in [-0.2, -0.15) is 0 Å². The van der Waals surface area contributed by atoms with Crippen molar-refractivity contribution in [3.05, 3.63) is 65.1 Å². The number of fused-ring (bicyclic) bond motifs is 1. The topological polar surface area (TPSA) is 42.0 Å². The van der Waals surface area contributed by atoms with Gasteiger partial charge in [0.25, 0.3) is 5.91 Å². The summed E-state index contributed by atoms with van der Waals surface area (Å²) < 4.78 is 12.2. The Kier molecular flexibility index (Phi) is 5.90. The van der Waals surface area contributed by atoms with Crippen molar-refractivity contribution in [2.75, 3.05) is 44.8 Å². The van der Waals surface area contributed by atoms with Crippen LogP contribution in [0.25, 0.3) is 10.8 Å². The molecule has 150 valence electrons. The van der Waals surface area contributed by atoms with E-state index in [1.807, 2.05) is 53.4 Å². The van der Waals surface area contributed by atoms with Crippen LogP contribution in [0.3, 0.4) is 0 Å². The highest BCUT2D eigenvalue weighted by molar-refractivity contribution is 9.10. The Morgan fingerprint density at radius 3 is 2.45 bits per heavy atom. The van der Waals surface area contributed by atoms with Crippen LogP contribution in [0.2, 0.25) is 0 Å². The Labute approximate surface area is 178 Å². The molecular weight excluding hydrogens is 432 g/mol. The maximum Gasteiger partial charge on any atom is 0.260 e. The van der Waals surface area contributed by atoms with Gasteiger partial charge in [-0.25, -0.2) is 0 Å². The number of carbonyl (C=O) groups excluding carboxylic acids is 1. The molecule has 0 N–H and O–H groups in total. The molecule has 0 atom stereocenters. The minimum Gasteiger partial charge on any atom is -0.495 e. The average Bonchev–Trinajstić information content (AvgIpc) is 2.78. The molecule has 6 heteroatoms. The minimum atomic E-state index is 0.00438. The average molecular weight is 455 g/mol. The fourth-order valence-electron chi connectivity index (χ4n) is 3.64. The van der Waals surface area contributed by atoms with Crippen LogP contribution < -0.4 is 14.4 Å². The Balaban J connectivity index is 1.35. The number of hydrogen-bond acceptors (Lipinski definition) is 4. The molecule has 3 aromatic rings. The number of anilines is 1. The summed E-state index contributed by atoms with van der Waals surface area (Å²) in [6.07, 6.45) is 0. The first-order valence-electron chi connectivity index (χ1n) is 9.63. The van der Waals surface area contributed by atoms with Gasteiger partial charge in [0, 0.05) is 26.2 Å². The number of para-hydroxylation sites is 2. The molecule has 3 aromatic carbocycles. The summed E-state index contributed by atoms with van der Waals surface area (Å²) in [4.78, 5) is 16.8. The maximum absolute atomic E-state index is 12.7. The van der Waals surface area contributed by atoms with Crippen molar-refractivity contribution >= 4 is 38.3 Å². The molecule has 1 aliphatic heterocycles. The van der Waals surface area contributed by atoms with Gasteiger partial charge in [-0.3, -0.25) is 4.79 Å². The molecule has 0 bridgehead atoms. The second-order valence-corrected chi connectivity index (χ2v) is 7.72. The summed E-state index contributed by atoms with van der Waals surface area (Å²) >= 11 is 3.61. The van der Waals surface area contributed by atoms with Crippen LogP contribution in [0, 0.1) is 0 Å². The third-order valence-corrected chi connectivity index (χ3v) is 6.06. The quantitative estimate of drug-likeness (QED) is 0.574. The maximum atomic E-state index is 12.7. The number of rotatable bonds is 5. The molecule has 5 nitrogen and oxygen atoms in total. The number of methoxy groups -OCH3 is 1. The lowest BCUT2D eigenvalue weighted by molar-refractivity contribution is -0.133. The van der Waals surface area contributed by atoms with Crippen LogP contribution in [-0.4, -0.2) is 50.7 Å². The molecule has 1 fully saturated rings. The number of nitrogens with zero attached hydrogens (tertiary/aromatic N) is 2. The molecule has 1 aliphatic rings. The van der Waals surface area contributed by atoms with Gasteiger partial charge in [-0.1, -0.05) is 42.5 Å². The van der Waals surface area contributed by atoms with Gasteiger partial charge in [-0.05, 0) is 44.9 Å². The molecule has 0 unspecified atom stereocenters. The monoisotopic (exact) mass is 454 g/mol. The van der Waals surface area contributed by atoms with E-state index in [4.69, 9.17) is 9.47 Å². The zero-order valence-corrected chi connectivity index (χ0v) is 17.9. The number of piperazine rings is 1. The van der Waals surface area contributed by atoms with Crippen molar-refractivity contribution in [1.29, 1.82) is 0 Å². The molecule has 1 heterocycles. The van der Waals surface area contributed by atoms with E-state index in [0.29, 0.717) is 18.8 Å². The summed E-state index contributed by atoms with van der Waals surface area (Å²) in [5.41, 5.74) is 1.07. The first kappa shape index (κ1) is 19.6. The van der Waals surface area contributed by atoms with Crippen molar-refractivity contribution in [2.45, 2.75) is 0 Å². The van der Waals surface area contributed by atoms with E-state index in [0.717, 1.165) is 39.8 Å². The van der Waals surface area contributed by atoms with E-state index in [2.05, 4.69) is 33.0 Å².